The molecule has 0 fully saturated rings. The first kappa shape index (κ1) is 56.7. The molecule has 2 unspecified atom stereocenters. The van der Waals surface area contributed by atoms with E-state index in [1.807, 2.05) is 39.4 Å². The van der Waals surface area contributed by atoms with Crippen LogP contribution in [0, 0.1) is 13.8 Å². The minimum atomic E-state index is -4.69. The van der Waals surface area contributed by atoms with E-state index >= 15 is 0 Å². The predicted molar refractivity (Wildman–Crippen MR) is 250 cm³/mol. The Morgan fingerprint density at radius 3 is 1.95 bits per heavy atom. The van der Waals surface area contributed by atoms with E-state index in [0.717, 1.165) is 88.6 Å². The number of phosphoric ester groups is 1. The van der Waals surface area contributed by atoms with Crippen molar-refractivity contribution >= 4 is 19.8 Å². The Balaban J connectivity index is 2.47. The molecular weight excluding hydrogens is 806 g/mol. The highest BCUT2D eigenvalue weighted by Crippen LogP contribution is 2.38. The number of phosphoric acid groups is 1. The van der Waals surface area contributed by atoms with Crippen molar-refractivity contribution in [3.8, 4) is 0 Å². The summed E-state index contributed by atoms with van der Waals surface area (Å²) in [5.41, 5.74) is 2.57. The fourth-order valence-corrected chi connectivity index (χ4v) is 6.85. The summed E-state index contributed by atoms with van der Waals surface area (Å²) in [5, 5.41) is 10.2. The summed E-state index contributed by atoms with van der Waals surface area (Å²) in [4.78, 5) is 37.7. The van der Waals surface area contributed by atoms with Crippen LogP contribution in [-0.2, 0) is 45.5 Å². The van der Waals surface area contributed by atoms with Crippen LogP contribution in [0.15, 0.2) is 77.3 Å². The average molecular weight is 888 g/mol. The third-order valence-electron chi connectivity index (χ3n) is 10.0. The minimum Gasteiger partial charge on any atom is -0.756 e. The highest BCUT2D eigenvalue weighted by atomic mass is 31.2. The van der Waals surface area contributed by atoms with Crippen molar-refractivity contribution in [3.63, 3.8) is 0 Å². The second kappa shape index (κ2) is 35.1. The quantitative estimate of drug-likeness (QED) is 0.0171. The normalized spacial score (nSPS) is 14.7. The molecule has 352 valence electrons. The van der Waals surface area contributed by atoms with Gasteiger partial charge in [0.05, 0.1) is 33.9 Å². The standard InChI is InChI=1S/C50H82NO10P/c1-8-10-12-13-14-15-16-17-18-19-20-23-28-33-45(52)34-29-26-32-37-49(53)57-41-46(42-59-62(55,56)58-40-39-51(5,6)7)60-50(54)38-31-25-22-21-24-30-36-48-44(4)43(3)47(61-48)35-27-11-9-2/h10,12,14-15,17-18,20,23,26,28-29,33,45-46,52H,8-9,11,13,16,19,21-22,24-25,27,30-32,34-42H2,1-7H3/b12-10-,15-14-,18-17-,23-20-,29-26-,33-28-/t45?,46-/m1/s1. The van der Waals surface area contributed by atoms with Crippen LogP contribution in [0.3, 0.4) is 0 Å². The van der Waals surface area contributed by atoms with Crippen molar-refractivity contribution in [2.75, 3.05) is 47.5 Å². The Morgan fingerprint density at radius 1 is 0.726 bits per heavy atom. The highest BCUT2D eigenvalue weighted by molar-refractivity contribution is 7.45. The molecule has 0 aromatic carbocycles. The molecule has 1 aromatic rings. The van der Waals surface area contributed by atoms with Crippen LogP contribution in [0.25, 0.3) is 0 Å². The molecule has 0 saturated carbocycles. The van der Waals surface area contributed by atoms with E-state index in [0.29, 0.717) is 30.3 Å². The molecule has 0 saturated heterocycles. The summed E-state index contributed by atoms with van der Waals surface area (Å²) in [7, 11) is 1.03. The van der Waals surface area contributed by atoms with Crippen molar-refractivity contribution in [2.45, 2.75) is 162 Å². The summed E-state index contributed by atoms with van der Waals surface area (Å²) in [6.07, 6.45) is 38.0. The lowest BCUT2D eigenvalue weighted by molar-refractivity contribution is -0.870. The summed E-state index contributed by atoms with van der Waals surface area (Å²) in [6, 6.07) is 0. The van der Waals surface area contributed by atoms with Gasteiger partial charge in [0.15, 0.2) is 6.10 Å². The number of ether oxygens (including phenoxy) is 2. The number of furan rings is 1. The van der Waals surface area contributed by atoms with E-state index in [1.54, 1.807) is 18.2 Å². The van der Waals surface area contributed by atoms with Gasteiger partial charge in [-0.2, -0.15) is 0 Å². The number of aliphatic hydroxyl groups excluding tert-OH is 1. The number of aryl methyl sites for hydroxylation is 2. The zero-order valence-electron chi connectivity index (χ0n) is 39.4. The fraction of sp³-hybridized carbons (Fsp3) is 0.640. The summed E-state index contributed by atoms with van der Waals surface area (Å²) in [5.74, 6) is 1.19. The molecule has 1 aromatic heterocycles. The van der Waals surface area contributed by atoms with Gasteiger partial charge in [-0.1, -0.05) is 125 Å². The van der Waals surface area contributed by atoms with Gasteiger partial charge in [0, 0.05) is 25.7 Å². The maximum Gasteiger partial charge on any atom is 0.306 e. The van der Waals surface area contributed by atoms with Gasteiger partial charge in [0.2, 0.25) is 0 Å². The number of allylic oxidation sites excluding steroid dienone is 10. The van der Waals surface area contributed by atoms with Crippen molar-refractivity contribution in [3.05, 3.63) is 95.6 Å². The molecule has 1 heterocycles. The average Bonchev–Trinajstić information content (AvgIpc) is 3.48. The SMILES string of the molecule is CC/C=C\C/C=C\C/C=C\C/C=C\C=C/C(O)C/C=C\CCC(=O)OC[C@H](COP(=O)([O-])OCC[N+](C)(C)C)OC(=O)CCCCCCCCc1oc(CCCCC)c(C)c1C. The molecule has 0 aliphatic rings. The first-order valence-electron chi connectivity index (χ1n) is 23.1. The van der Waals surface area contributed by atoms with Crippen LogP contribution in [0.5, 0.6) is 0 Å². The lowest BCUT2D eigenvalue weighted by Crippen LogP contribution is -2.37. The van der Waals surface area contributed by atoms with Crippen molar-refractivity contribution < 1.29 is 51.6 Å². The lowest BCUT2D eigenvalue weighted by atomic mass is 10.0. The van der Waals surface area contributed by atoms with Gasteiger partial charge in [-0.25, -0.2) is 0 Å². The number of carbonyl (C=O) groups excluding carboxylic acids is 2. The maximum atomic E-state index is 12.8. The summed E-state index contributed by atoms with van der Waals surface area (Å²) < 4.78 is 40.1. The Hall–Kier alpha value is -3.31. The monoisotopic (exact) mass is 888 g/mol. The Morgan fingerprint density at radius 2 is 1.32 bits per heavy atom. The molecular formula is C50H82NO10P. The molecule has 0 radical (unpaired) electrons. The number of rotatable bonds is 37. The van der Waals surface area contributed by atoms with Crippen LogP contribution < -0.4 is 4.89 Å². The summed E-state index contributed by atoms with van der Waals surface area (Å²) >= 11 is 0. The molecule has 1 N–H and O–H groups in total. The maximum absolute atomic E-state index is 12.8. The number of aliphatic hydroxyl groups is 1. The summed E-state index contributed by atoms with van der Waals surface area (Å²) in [6.45, 7) is 8.12. The molecule has 0 aliphatic carbocycles. The lowest BCUT2D eigenvalue weighted by Gasteiger charge is -2.28. The Bertz CT molecular complexity index is 1580. The van der Waals surface area contributed by atoms with Crippen molar-refractivity contribution in [1.82, 2.24) is 0 Å². The number of carbonyl (C=O) groups is 2. The second-order valence-corrected chi connectivity index (χ2v) is 18.2. The molecule has 11 nitrogen and oxygen atoms in total. The minimum absolute atomic E-state index is 0.0565. The Labute approximate surface area is 375 Å². The number of hydrogen-bond donors (Lipinski definition) is 1. The zero-order valence-corrected chi connectivity index (χ0v) is 40.3. The number of hydrogen-bond acceptors (Lipinski definition) is 10. The highest BCUT2D eigenvalue weighted by Gasteiger charge is 2.22. The molecule has 12 heteroatoms. The molecule has 0 amide bonds. The van der Waals surface area contributed by atoms with Crippen LogP contribution in [0.4, 0.5) is 0 Å². The predicted octanol–water partition coefficient (Wildman–Crippen LogP) is 11.0. The van der Waals surface area contributed by atoms with Crippen LogP contribution in [0.2, 0.25) is 0 Å². The van der Waals surface area contributed by atoms with E-state index in [1.165, 1.54) is 24.0 Å². The molecule has 3 atom stereocenters. The zero-order chi connectivity index (χ0) is 45.9. The topological polar surface area (TPSA) is 145 Å². The second-order valence-electron chi connectivity index (χ2n) is 16.8. The largest absolute Gasteiger partial charge is 0.756 e. The van der Waals surface area contributed by atoms with Crippen LogP contribution in [0.1, 0.15) is 146 Å². The molecule has 1 rings (SSSR count). The van der Waals surface area contributed by atoms with Gasteiger partial charge in [-0.3, -0.25) is 14.2 Å². The first-order chi connectivity index (χ1) is 29.7. The number of nitrogens with zero attached hydrogens (tertiary/aromatic N) is 1. The van der Waals surface area contributed by atoms with Crippen molar-refractivity contribution in [1.29, 1.82) is 0 Å². The smallest absolute Gasteiger partial charge is 0.306 e. The molecule has 0 spiro atoms. The molecule has 62 heavy (non-hydrogen) atoms. The van der Waals surface area contributed by atoms with E-state index in [2.05, 4.69) is 64.2 Å². The van der Waals surface area contributed by atoms with Gasteiger partial charge in [0.1, 0.15) is 31.3 Å². The van der Waals surface area contributed by atoms with E-state index < -0.39 is 38.6 Å². The van der Waals surface area contributed by atoms with Gasteiger partial charge >= 0.3 is 11.9 Å². The third-order valence-corrected chi connectivity index (χ3v) is 11.0. The van der Waals surface area contributed by atoms with E-state index in [4.69, 9.17) is 22.9 Å². The van der Waals surface area contributed by atoms with Gasteiger partial charge < -0.3 is 37.4 Å². The van der Waals surface area contributed by atoms with Gasteiger partial charge in [0.25, 0.3) is 7.82 Å². The number of esters is 2. The number of quaternary nitrogens is 1. The molecule has 0 aliphatic heterocycles. The van der Waals surface area contributed by atoms with Crippen molar-refractivity contribution in [2.24, 2.45) is 0 Å². The molecule has 0 bridgehead atoms. The third kappa shape index (κ3) is 31.5. The van der Waals surface area contributed by atoms with Crippen LogP contribution in [-0.4, -0.2) is 81.2 Å². The van der Waals surface area contributed by atoms with Crippen LogP contribution >= 0.6 is 7.82 Å². The van der Waals surface area contributed by atoms with E-state index in [-0.39, 0.29) is 26.1 Å². The van der Waals surface area contributed by atoms with E-state index in [9.17, 15) is 24.2 Å². The fourth-order valence-electron chi connectivity index (χ4n) is 6.12. The van der Waals surface area contributed by atoms with Gasteiger partial charge in [-0.05, 0) is 82.8 Å². The van der Waals surface area contributed by atoms with Gasteiger partial charge in [-0.15, -0.1) is 0 Å². The number of unbranched alkanes of at least 4 members (excludes halogenated alkanes) is 7. The first-order valence-corrected chi connectivity index (χ1v) is 24.6. The number of likely N-dealkylation sites (N-methyl/N-ethyl adjacent to an activating group) is 1. The Kier molecular flexibility index (Phi) is 32.1.